The van der Waals surface area contributed by atoms with E-state index >= 15 is 0 Å². The molecule has 3 unspecified atom stereocenters. The second-order valence-corrected chi connectivity index (χ2v) is 7.67. The topological polar surface area (TPSA) is 63.2 Å². The fourth-order valence-electron chi connectivity index (χ4n) is 4.30. The molecule has 4 rings (SSSR count). The molecule has 27 heavy (non-hydrogen) atoms. The summed E-state index contributed by atoms with van der Waals surface area (Å²) < 4.78 is 10.6. The largest absolute Gasteiger partial charge is 0.465 e. The molecule has 0 aromatic heterocycles. The predicted molar refractivity (Wildman–Crippen MR) is 104 cm³/mol. The Balaban J connectivity index is 1.53. The van der Waals surface area contributed by atoms with E-state index in [9.17, 15) is 4.79 Å². The van der Waals surface area contributed by atoms with Gasteiger partial charge in [-0.1, -0.05) is 31.4 Å². The molecule has 1 aliphatic carbocycles. The molecule has 1 saturated heterocycles. The van der Waals surface area contributed by atoms with Gasteiger partial charge >= 0.3 is 5.97 Å². The first kappa shape index (κ1) is 18.4. The number of carbonyl (C=O) groups excluding carboxylic acids is 1. The van der Waals surface area contributed by atoms with Crippen LogP contribution >= 0.6 is 0 Å². The van der Waals surface area contributed by atoms with Gasteiger partial charge in [0.25, 0.3) is 0 Å². The first-order valence-electron chi connectivity index (χ1n) is 10.1. The molecule has 2 fully saturated rings. The molecule has 0 radical (unpaired) electrons. The quantitative estimate of drug-likeness (QED) is 0.595. The van der Waals surface area contributed by atoms with Crippen LogP contribution in [0.4, 0.5) is 0 Å². The number of hydrogen-bond donors (Lipinski definition) is 1. The number of aliphatic imine (C=N–C) groups is 1. The van der Waals surface area contributed by atoms with Crippen molar-refractivity contribution in [3.8, 4) is 0 Å². The van der Waals surface area contributed by atoms with Gasteiger partial charge in [0.2, 0.25) is 0 Å². The maximum atomic E-state index is 11.9. The standard InChI is InChI=1S/C21H29N3O3/c1-26-21(25)15-11-12-24-19(14-15)23-18(10-9-17-8-5-13-27-17)20(24)22-16-6-3-2-4-7-16/h9-12,14,16-18,20,22H,2-8,13H2,1H3/b10-9+. The summed E-state index contributed by atoms with van der Waals surface area (Å²) in [6.45, 7) is 0.845. The molecule has 3 atom stereocenters. The number of fused-ring (bicyclic) bond motifs is 1. The Kier molecular flexibility index (Phi) is 5.74. The zero-order valence-corrected chi connectivity index (χ0v) is 16.0. The Hall–Kier alpha value is -1.92. The molecule has 146 valence electrons. The molecule has 1 N–H and O–H groups in total. The van der Waals surface area contributed by atoms with E-state index in [2.05, 4.69) is 22.4 Å². The van der Waals surface area contributed by atoms with Crippen LogP contribution in [0.2, 0.25) is 0 Å². The van der Waals surface area contributed by atoms with E-state index in [4.69, 9.17) is 14.5 Å². The molecule has 0 spiro atoms. The monoisotopic (exact) mass is 371 g/mol. The average molecular weight is 371 g/mol. The van der Waals surface area contributed by atoms with Gasteiger partial charge in [-0.25, -0.2) is 4.79 Å². The van der Waals surface area contributed by atoms with Crippen LogP contribution in [-0.2, 0) is 14.3 Å². The summed E-state index contributed by atoms with van der Waals surface area (Å²) in [7, 11) is 1.40. The van der Waals surface area contributed by atoms with E-state index in [-0.39, 0.29) is 24.3 Å². The number of nitrogens with zero attached hydrogens (tertiary/aromatic N) is 2. The number of methoxy groups -OCH3 is 1. The Morgan fingerprint density at radius 2 is 2.11 bits per heavy atom. The van der Waals surface area contributed by atoms with Gasteiger partial charge < -0.3 is 14.4 Å². The van der Waals surface area contributed by atoms with Gasteiger partial charge in [0.15, 0.2) is 0 Å². The fraction of sp³-hybridized carbons (Fsp3) is 0.619. The number of hydrogen-bond acceptors (Lipinski definition) is 6. The lowest BCUT2D eigenvalue weighted by Crippen LogP contribution is -2.51. The number of nitrogens with one attached hydrogen (secondary N) is 1. The van der Waals surface area contributed by atoms with Crippen molar-refractivity contribution in [1.29, 1.82) is 0 Å². The van der Waals surface area contributed by atoms with Gasteiger partial charge in [0.1, 0.15) is 18.0 Å². The lowest BCUT2D eigenvalue weighted by Gasteiger charge is -2.33. The van der Waals surface area contributed by atoms with E-state index < -0.39 is 0 Å². The first-order chi connectivity index (χ1) is 13.2. The summed E-state index contributed by atoms with van der Waals surface area (Å²) >= 11 is 0. The van der Waals surface area contributed by atoms with E-state index in [0.29, 0.717) is 11.6 Å². The molecule has 0 aromatic rings. The van der Waals surface area contributed by atoms with Crippen molar-refractivity contribution in [2.75, 3.05) is 13.7 Å². The summed E-state index contributed by atoms with van der Waals surface area (Å²) in [6.07, 6.45) is 18.7. The van der Waals surface area contributed by atoms with Crippen molar-refractivity contribution in [3.63, 3.8) is 0 Å². The van der Waals surface area contributed by atoms with E-state index in [0.717, 1.165) is 25.3 Å². The smallest absolute Gasteiger partial charge is 0.338 e. The molecule has 6 nitrogen and oxygen atoms in total. The van der Waals surface area contributed by atoms with Crippen LogP contribution in [-0.4, -0.2) is 54.8 Å². The number of rotatable bonds is 5. The third-order valence-electron chi connectivity index (χ3n) is 5.79. The third kappa shape index (κ3) is 4.17. The van der Waals surface area contributed by atoms with Crippen LogP contribution in [0.15, 0.2) is 41.1 Å². The number of amidine groups is 1. The maximum Gasteiger partial charge on any atom is 0.338 e. The predicted octanol–water partition coefficient (Wildman–Crippen LogP) is 2.68. The highest BCUT2D eigenvalue weighted by atomic mass is 16.5. The van der Waals surface area contributed by atoms with Crippen LogP contribution in [0.5, 0.6) is 0 Å². The van der Waals surface area contributed by atoms with Crippen molar-refractivity contribution >= 4 is 11.8 Å². The number of esters is 1. The first-order valence-corrected chi connectivity index (χ1v) is 10.1. The summed E-state index contributed by atoms with van der Waals surface area (Å²) in [5, 5.41) is 3.82. The average Bonchev–Trinajstić information content (AvgIpc) is 3.34. The summed E-state index contributed by atoms with van der Waals surface area (Å²) in [4.78, 5) is 18.9. The Morgan fingerprint density at radius 3 is 2.85 bits per heavy atom. The van der Waals surface area contributed by atoms with Gasteiger partial charge in [-0.2, -0.15) is 0 Å². The van der Waals surface area contributed by atoms with Crippen LogP contribution in [0.1, 0.15) is 44.9 Å². The van der Waals surface area contributed by atoms with E-state index in [1.54, 1.807) is 0 Å². The fourth-order valence-corrected chi connectivity index (χ4v) is 4.30. The summed E-state index contributed by atoms with van der Waals surface area (Å²) in [5.74, 6) is 0.483. The van der Waals surface area contributed by atoms with Gasteiger partial charge in [-0.3, -0.25) is 10.3 Å². The second kappa shape index (κ2) is 8.40. The van der Waals surface area contributed by atoms with Gasteiger partial charge in [0, 0.05) is 18.8 Å². The zero-order chi connectivity index (χ0) is 18.6. The molecule has 4 aliphatic rings. The van der Waals surface area contributed by atoms with Gasteiger partial charge in [0.05, 0.1) is 18.8 Å². The summed E-state index contributed by atoms with van der Waals surface area (Å²) in [6, 6.07) is 0.528. The molecule has 3 heterocycles. The second-order valence-electron chi connectivity index (χ2n) is 7.67. The minimum Gasteiger partial charge on any atom is -0.465 e. The van der Waals surface area contributed by atoms with E-state index in [1.165, 1.54) is 39.2 Å². The molecule has 3 aliphatic heterocycles. The normalized spacial score (nSPS) is 31.1. The molecular formula is C21H29N3O3. The van der Waals surface area contributed by atoms with Crippen molar-refractivity contribution in [2.24, 2.45) is 4.99 Å². The Morgan fingerprint density at radius 1 is 1.26 bits per heavy atom. The maximum absolute atomic E-state index is 11.9. The Labute approximate surface area is 161 Å². The lowest BCUT2D eigenvalue weighted by atomic mass is 9.95. The minimum absolute atomic E-state index is 0.00373. The van der Waals surface area contributed by atoms with Gasteiger partial charge in [-0.05, 0) is 37.8 Å². The van der Waals surface area contributed by atoms with Crippen molar-refractivity contribution in [2.45, 2.75) is 69.3 Å². The lowest BCUT2D eigenvalue weighted by molar-refractivity contribution is -0.135. The van der Waals surface area contributed by atoms with Crippen LogP contribution in [0.25, 0.3) is 0 Å². The highest BCUT2D eigenvalue weighted by Gasteiger charge is 2.36. The van der Waals surface area contributed by atoms with Crippen LogP contribution in [0, 0.1) is 0 Å². The van der Waals surface area contributed by atoms with Crippen molar-refractivity contribution < 1.29 is 14.3 Å². The van der Waals surface area contributed by atoms with Crippen LogP contribution < -0.4 is 5.32 Å². The van der Waals surface area contributed by atoms with Gasteiger partial charge in [-0.15, -0.1) is 0 Å². The third-order valence-corrected chi connectivity index (χ3v) is 5.79. The van der Waals surface area contributed by atoms with Crippen molar-refractivity contribution in [1.82, 2.24) is 10.2 Å². The molecule has 0 aromatic carbocycles. The highest BCUT2D eigenvalue weighted by molar-refractivity contribution is 6.05. The van der Waals surface area contributed by atoms with Crippen LogP contribution in [0.3, 0.4) is 0 Å². The van der Waals surface area contributed by atoms with E-state index in [1.807, 2.05) is 18.4 Å². The SMILES string of the molecule is COC(=O)C1=CC2=NC(/C=C/C3CCCO3)C(NC3CCCCC3)N2C=C1. The number of carbonyl (C=O) groups is 1. The molecule has 0 bridgehead atoms. The highest BCUT2D eigenvalue weighted by Crippen LogP contribution is 2.27. The Bertz CT molecular complexity index is 670. The number of ether oxygens (including phenoxy) is 2. The molecule has 6 heteroatoms. The molecule has 0 amide bonds. The summed E-state index contributed by atoms with van der Waals surface area (Å²) in [5.41, 5.74) is 0.535. The molecular weight excluding hydrogens is 342 g/mol. The minimum atomic E-state index is -0.330. The molecule has 1 saturated carbocycles. The zero-order valence-electron chi connectivity index (χ0n) is 16.0. The van der Waals surface area contributed by atoms with Crippen molar-refractivity contribution in [3.05, 3.63) is 36.1 Å².